The van der Waals surface area contributed by atoms with Gasteiger partial charge < -0.3 is 9.13 Å². The van der Waals surface area contributed by atoms with E-state index in [1.807, 2.05) is 0 Å². The van der Waals surface area contributed by atoms with E-state index in [4.69, 9.17) is 0 Å². The highest BCUT2D eigenvalue weighted by atomic mass is 15.0. The summed E-state index contributed by atoms with van der Waals surface area (Å²) in [5.74, 6) is 0. The largest absolute Gasteiger partial charge is 0.309 e. The van der Waals surface area contributed by atoms with Gasteiger partial charge in [-0.3, -0.25) is 0 Å². The van der Waals surface area contributed by atoms with Crippen LogP contribution in [0.4, 0.5) is 0 Å². The van der Waals surface area contributed by atoms with Crippen LogP contribution in [0.15, 0.2) is 243 Å². The molecule has 2 heteroatoms. The van der Waals surface area contributed by atoms with Gasteiger partial charge in [0.2, 0.25) is 0 Å². The fraction of sp³-hybridized carbons (Fsp3) is 0.0164. The van der Waals surface area contributed by atoms with Crippen LogP contribution in [-0.4, -0.2) is 9.13 Å². The Kier molecular flexibility index (Phi) is 7.85. The molecule has 1 aliphatic rings. The van der Waals surface area contributed by atoms with E-state index >= 15 is 0 Å². The number of rotatable bonds is 6. The number of hydrogen-bond acceptors (Lipinski definition) is 0. The fourth-order valence-electron chi connectivity index (χ4n) is 10.9. The Bertz CT molecular complexity index is 3660. The van der Waals surface area contributed by atoms with Crippen molar-refractivity contribution in [2.45, 2.75) is 5.41 Å². The van der Waals surface area contributed by atoms with Gasteiger partial charge in [0.15, 0.2) is 0 Å². The standard InChI is InChI=1S/C61H40N2/c1-4-17-41(18-5-1)42-31-35-47(36-32-42)63-57-30-15-12-25-51(57)52-27-16-26-48(60(52)63)43-33-37-58-53(39-43)54-40-45(34-38-59(54)62(58)46-21-8-3-9-22-46)61(44-19-6-2-7-20-44)55-28-13-10-23-49(55)50-24-11-14-29-56(50)61/h1-40H. The van der Waals surface area contributed by atoms with Crippen LogP contribution in [0.1, 0.15) is 22.3 Å². The maximum atomic E-state index is 2.50. The maximum absolute atomic E-state index is 2.50. The molecule has 13 rings (SSSR count). The Balaban J connectivity index is 1.08. The van der Waals surface area contributed by atoms with Crippen molar-refractivity contribution in [1.82, 2.24) is 9.13 Å². The van der Waals surface area contributed by atoms with Crippen LogP contribution in [0.5, 0.6) is 0 Å². The van der Waals surface area contributed by atoms with E-state index in [9.17, 15) is 0 Å². The molecule has 0 bridgehead atoms. The lowest BCUT2D eigenvalue weighted by atomic mass is 9.67. The molecule has 12 aromatic rings. The van der Waals surface area contributed by atoms with E-state index in [2.05, 4.69) is 252 Å². The van der Waals surface area contributed by atoms with Gasteiger partial charge in [0.05, 0.1) is 27.5 Å². The van der Waals surface area contributed by atoms with Gasteiger partial charge in [-0.2, -0.15) is 0 Å². The molecule has 2 nitrogen and oxygen atoms in total. The Morgan fingerprint density at radius 3 is 1.51 bits per heavy atom. The van der Waals surface area contributed by atoms with E-state index in [1.165, 1.54) is 99.2 Å². The summed E-state index contributed by atoms with van der Waals surface area (Å²) in [6.45, 7) is 0. The number of nitrogens with zero attached hydrogens (tertiary/aromatic N) is 2. The highest BCUT2D eigenvalue weighted by molar-refractivity contribution is 6.16. The van der Waals surface area contributed by atoms with Crippen molar-refractivity contribution in [3.05, 3.63) is 265 Å². The summed E-state index contributed by atoms with van der Waals surface area (Å²) in [6, 6.07) is 89.6. The fourth-order valence-corrected chi connectivity index (χ4v) is 10.9. The Morgan fingerprint density at radius 2 is 0.778 bits per heavy atom. The van der Waals surface area contributed by atoms with Gasteiger partial charge >= 0.3 is 0 Å². The van der Waals surface area contributed by atoms with Crippen molar-refractivity contribution in [3.63, 3.8) is 0 Å². The second-order valence-electron chi connectivity index (χ2n) is 16.8. The van der Waals surface area contributed by atoms with Gasteiger partial charge in [-0.1, -0.05) is 188 Å². The Hall–Kier alpha value is -8.20. The summed E-state index contributed by atoms with van der Waals surface area (Å²) in [4.78, 5) is 0. The van der Waals surface area contributed by atoms with Crippen LogP contribution in [-0.2, 0) is 5.41 Å². The summed E-state index contributed by atoms with van der Waals surface area (Å²) >= 11 is 0. The van der Waals surface area contributed by atoms with E-state index in [0.717, 1.165) is 11.4 Å². The van der Waals surface area contributed by atoms with Crippen molar-refractivity contribution in [3.8, 4) is 44.8 Å². The van der Waals surface area contributed by atoms with Crippen LogP contribution < -0.4 is 0 Å². The van der Waals surface area contributed by atoms with Crippen molar-refractivity contribution < 1.29 is 0 Å². The first kappa shape index (κ1) is 35.5. The molecular formula is C61H40N2. The molecule has 0 atom stereocenters. The third-order valence-electron chi connectivity index (χ3n) is 13.6. The Labute approximate surface area is 366 Å². The van der Waals surface area contributed by atoms with E-state index < -0.39 is 5.41 Å². The highest BCUT2D eigenvalue weighted by Gasteiger charge is 2.46. The molecule has 2 aromatic heterocycles. The topological polar surface area (TPSA) is 9.86 Å². The number of fused-ring (bicyclic) bond motifs is 9. The van der Waals surface area contributed by atoms with Crippen LogP contribution in [0.2, 0.25) is 0 Å². The number of benzene rings is 10. The SMILES string of the molecule is c1ccc(-c2ccc(-n3c4ccccc4c4cccc(-c5ccc6c(c5)c5cc(C7(c8ccccc8)c8ccccc8-c8ccccc87)ccc5n6-c5ccccc5)c43)cc2)cc1. The zero-order chi connectivity index (χ0) is 41.5. The normalized spacial score (nSPS) is 12.9. The summed E-state index contributed by atoms with van der Waals surface area (Å²) in [7, 11) is 0. The third kappa shape index (κ3) is 5.19. The summed E-state index contributed by atoms with van der Waals surface area (Å²) in [6.07, 6.45) is 0. The lowest BCUT2D eigenvalue weighted by Gasteiger charge is -2.34. The minimum atomic E-state index is -0.496. The van der Waals surface area contributed by atoms with Crippen LogP contribution >= 0.6 is 0 Å². The minimum absolute atomic E-state index is 0.496. The first-order valence-electron chi connectivity index (χ1n) is 21.8. The molecule has 0 aliphatic heterocycles. The second kappa shape index (κ2) is 13.9. The summed E-state index contributed by atoms with van der Waals surface area (Å²) in [5, 5.41) is 4.95. The van der Waals surface area contributed by atoms with Crippen LogP contribution in [0.3, 0.4) is 0 Å². The van der Waals surface area contributed by atoms with E-state index in [0.29, 0.717) is 0 Å². The Morgan fingerprint density at radius 1 is 0.270 bits per heavy atom. The molecule has 0 amide bonds. The maximum Gasteiger partial charge on any atom is 0.0713 e. The van der Waals surface area contributed by atoms with Gasteiger partial charge in [-0.25, -0.2) is 0 Å². The average molecular weight is 801 g/mol. The van der Waals surface area contributed by atoms with E-state index in [1.54, 1.807) is 0 Å². The molecule has 0 unspecified atom stereocenters. The van der Waals surface area contributed by atoms with Gasteiger partial charge in [0.1, 0.15) is 0 Å². The number of hydrogen-bond donors (Lipinski definition) is 0. The van der Waals surface area contributed by atoms with Gasteiger partial charge in [0, 0.05) is 38.5 Å². The molecule has 0 N–H and O–H groups in total. The number of aromatic nitrogens is 2. The molecule has 0 saturated carbocycles. The molecule has 0 radical (unpaired) electrons. The first-order chi connectivity index (χ1) is 31.3. The zero-order valence-electron chi connectivity index (χ0n) is 34.5. The van der Waals surface area contributed by atoms with E-state index in [-0.39, 0.29) is 0 Å². The van der Waals surface area contributed by atoms with Crippen molar-refractivity contribution >= 4 is 43.6 Å². The smallest absolute Gasteiger partial charge is 0.0713 e. The van der Waals surface area contributed by atoms with Gasteiger partial charge in [-0.05, 0) is 105 Å². The van der Waals surface area contributed by atoms with Gasteiger partial charge in [-0.15, -0.1) is 0 Å². The monoisotopic (exact) mass is 800 g/mol. The van der Waals surface area contributed by atoms with Gasteiger partial charge in [0.25, 0.3) is 0 Å². The first-order valence-corrected chi connectivity index (χ1v) is 21.8. The summed E-state index contributed by atoms with van der Waals surface area (Å²) < 4.78 is 4.90. The molecule has 0 spiro atoms. The highest BCUT2D eigenvalue weighted by Crippen LogP contribution is 2.56. The quantitative estimate of drug-likeness (QED) is 0.159. The van der Waals surface area contributed by atoms with Crippen molar-refractivity contribution in [1.29, 1.82) is 0 Å². The molecule has 0 saturated heterocycles. The minimum Gasteiger partial charge on any atom is -0.309 e. The zero-order valence-corrected chi connectivity index (χ0v) is 34.5. The molecule has 294 valence electrons. The third-order valence-corrected chi connectivity index (χ3v) is 13.6. The van der Waals surface area contributed by atoms with Crippen molar-refractivity contribution in [2.75, 3.05) is 0 Å². The average Bonchev–Trinajstić information content (AvgIpc) is 3.99. The lowest BCUT2D eigenvalue weighted by Crippen LogP contribution is -2.28. The molecule has 0 fully saturated rings. The molecule has 1 aliphatic carbocycles. The number of para-hydroxylation sites is 3. The van der Waals surface area contributed by atoms with Crippen molar-refractivity contribution in [2.24, 2.45) is 0 Å². The molecular weight excluding hydrogens is 761 g/mol. The second-order valence-corrected chi connectivity index (χ2v) is 16.8. The van der Waals surface area contributed by atoms with Crippen LogP contribution in [0, 0.1) is 0 Å². The molecule has 63 heavy (non-hydrogen) atoms. The van der Waals surface area contributed by atoms with Crippen LogP contribution in [0.25, 0.3) is 88.4 Å². The lowest BCUT2D eigenvalue weighted by molar-refractivity contribution is 0.770. The predicted octanol–water partition coefficient (Wildman–Crippen LogP) is 15.6. The molecule has 10 aromatic carbocycles. The predicted molar refractivity (Wildman–Crippen MR) is 263 cm³/mol. The molecule has 2 heterocycles. The summed E-state index contributed by atoms with van der Waals surface area (Å²) in [5.41, 5.74) is 19.1.